The average Bonchev–Trinajstić information content (AvgIpc) is 2.29. The van der Waals surface area contributed by atoms with Gasteiger partial charge in [0.05, 0.1) is 5.69 Å². The number of benzene rings is 1. The molecule has 0 aromatic heterocycles. The fourth-order valence-electron chi connectivity index (χ4n) is 5.64. The number of anilines is 2. The number of rotatable bonds is 2. The van der Waals surface area contributed by atoms with Crippen LogP contribution in [0.3, 0.4) is 0 Å². The summed E-state index contributed by atoms with van der Waals surface area (Å²) in [5, 5.41) is 0. The molecule has 0 spiro atoms. The second-order valence-electron chi connectivity index (χ2n) is 7.85. The smallest absolute Gasteiger partial charge is 0.143 e. The van der Waals surface area contributed by atoms with Crippen molar-refractivity contribution in [3.8, 4) is 5.75 Å². The summed E-state index contributed by atoms with van der Waals surface area (Å²) >= 11 is 0. The number of nitrogen functional groups attached to an aromatic ring is 2. The normalized spacial score (nSPS) is 41.9. The van der Waals surface area contributed by atoms with Crippen LogP contribution in [0.15, 0.2) is 18.2 Å². The van der Waals surface area contributed by atoms with Crippen LogP contribution >= 0.6 is 0 Å². The van der Waals surface area contributed by atoms with Crippen LogP contribution in [0.5, 0.6) is 5.75 Å². The molecule has 0 aliphatic heterocycles. The van der Waals surface area contributed by atoms with E-state index in [1.807, 2.05) is 12.1 Å². The van der Waals surface area contributed by atoms with E-state index >= 15 is 0 Å². The van der Waals surface area contributed by atoms with Gasteiger partial charge >= 0.3 is 0 Å². The Hall–Kier alpha value is -1.38. The number of hydrogen-bond donors (Lipinski definition) is 2. The minimum Gasteiger partial charge on any atom is -0.485 e. The van der Waals surface area contributed by atoms with Gasteiger partial charge in [-0.15, -0.1) is 0 Å². The summed E-state index contributed by atoms with van der Waals surface area (Å²) in [6.07, 6.45) is 7.82. The van der Waals surface area contributed by atoms with E-state index in [0.717, 1.165) is 17.6 Å². The number of hydrogen-bond acceptors (Lipinski definition) is 3. The van der Waals surface area contributed by atoms with Crippen molar-refractivity contribution >= 4 is 11.4 Å². The molecule has 1 aromatic carbocycles. The lowest BCUT2D eigenvalue weighted by Crippen LogP contribution is -2.57. The Labute approximate surface area is 120 Å². The first-order chi connectivity index (χ1) is 9.45. The summed E-state index contributed by atoms with van der Waals surface area (Å²) in [6.45, 7) is 2.45. The van der Waals surface area contributed by atoms with Crippen LogP contribution in [0, 0.1) is 17.3 Å². The molecule has 2 unspecified atom stereocenters. The molecular formula is C17H24N2O. The van der Waals surface area contributed by atoms with Crippen molar-refractivity contribution in [2.75, 3.05) is 11.5 Å². The molecule has 0 saturated heterocycles. The van der Waals surface area contributed by atoms with Crippen molar-refractivity contribution in [3.63, 3.8) is 0 Å². The van der Waals surface area contributed by atoms with Crippen LogP contribution < -0.4 is 16.2 Å². The third kappa shape index (κ3) is 1.87. The zero-order chi connectivity index (χ0) is 14.0. The van der Waals surface area contributed by atoms with Gasteiger partial charge in [-0.3, -0.25) is 0 Å². The lowest BCUT2D eigenvalue weighted by atomic mass is 9.48. The Kier molecular flexibility index (Phi) is 2.37. The first-order valence-electron chi connectivity index (χ1n) is 7.79. The Morgan fingerprint density at radius 3 is 2.40 bits per heavy atom. The highest BCUT2D eigenvalue weighted by Gasteiger charge is 2.57. The molecule has 0 radical (unpaired) electrons. The standard InChI is InChI=1S/C17H24N2O/c1-16-6-11-4-12(7-16)9-17(8-11,10-16)20-15-3-2-13(18)5-14(15)19/h2-3,5,11-12H,4,6-10,18-19H2,1H3. The Bertz CT molecular complexity index is 540. The van der Waals surface area contributed by atoms with Gasteiger partial charge in [-0.2, -0.15) is 0 Å². The van der Waals surface area contributed by atoms with Gasteiger partial charge in [-0.05, 0) is 74.0 Å². The first-order valence-corrected chi connectivity index (χ1v) is 7.79. The van der Waals surface area contributed by atoms with Gasteiger partial charge in [0.25, 0.3) is 0 Å². The average molecular weight is 272 g/mol. The van der Waals surface area contributed by atoms with Gasteiger partial charge in [0.2, 0.25) is 0 Å². The van der Waals surface area contributed by atoms with Gasteiger partial charge in [-0.25, -0.2) is 0 Å². The largest absolute Gasteiger partial charge is 0.485 e. The molecule has 4 aliphatic carbocycles. The van der Waals surface area contributed by atoms with Gasteiger partial charge in [0.15, 0.2) is 0 Å². The number of nitrogens with two attached hydrogens (primary N) is 2. The van der Waals surface area contributed by atoms with Crippen LogP contribution in [-0.4, -0.2) is 5.60 Å². The van der Waals surface area contributed by atoms with E-state index in [4.69, 9.17) is 16.2 Å². The lowest BCUT2D eigenvalue weighted by molar-refractivity contribution is -0.142. The SMILES string of the molecule is CC12CC3CC(C1)CC(Oc1ccc(N)cc1N)(C3)C2. The summed E-state index contributed by atoms with van der Waals surface area (Å²) in [5.41, 5.74) is 13.7. The van der Waals surface area contributed by atoms with E-state index in [-0.39, 0.29) is 5.60 Å². The van der Waals surface area contributed by atoms with E-state index in [1.165, 1.54) is 38.5 Å². The monoisotopic (exact) mass is 272 g/mol. The Balaban J connectivity index is 1.65. The molecular weight excluding hydrogens is 248 g/mol. The molecule has 20 heavy (non-hydrogen) atoms. The lowest BCUT2D eigenvalue weighted by Gasteiger charge is -2.60. The molecule has 1 aromatic rings. The maximum absolute atomic E-state index is 6.49. The van der Waals surface area contributed by atoms with E-state index < -0.39 is 0 Å². The summed E-state index contributed by atoms with van der Waals surface area (Å²) in [5.74, 6) is 2.54. The van der Waals surface area contributed by atoms with Gasteiger partial charge in [0.1, 0.15) is 11.4 Å². The van der Waals surface area contributed by atoms with Crippen LogP contribution in [0.4, 0.5) is 11.4 Å². The predicted octanol–water partition coefficient (Wildman–Crippen LogP) is 3.59. The third-order valence-corrected chi connectivity index (χ3v) is 5.66. The topological polar surface area (TPSA) is 61.3 Å². The molecule has 108 valence electrons. The summed E-state index contributed by atoms with van der Waals surface area (Å²) < 4.78 is 6.49. The second-order valence-corrected chi connectivity index (χ2v) is 7.85. The molecule has 4 saturated carbocycles. The quantitative estimate of drug-likeness (QED) is 0.809. The summed E-state index contributed by atoms with van der Waals surface area (Å²) in [4.78, 5) is 0. The Morgan fingerprint density at radius 2 is 1.80 bits per heavy atom. The van der Waals surface area contributed by atoms with Gasteiger partial charge in [0, 0.05) is 5.69 Å². The molecule has 3 heteroatoms. The molecule has 2 atom stereocenters. The molecule has 4 aliphatic rings. The van der Waals surface area contributed by atoms with E-state index in [0.29, 0.717) is 16.8 Å². The third-order valence-electron chi connectivity index (χ3n) is 5.66. The van der Waals surface area contributed by atoms with Gasteiger partial charge in [-0.1, -0.05) is 6.92 Å². The molecule has 4 N–H and O–H groups in total. The predicted molar refractivity (Wildman–Crippen MR) is 81.4 cm³/mol. The zero-order valence-corrected chi connectivity index (χ0v) is 12.2. The van der Waals surface area contributed by atoms with E-state index in [2.05, 4.69) is 6.92 Å². The highest BCUT2D eigenvalue weighted by Crippen LogP contribution is 2.62. The van der Waals surface area contributed by atoms with Crippen LogP contribution in [-0.2, 0) is 0 Å². The van der Waals surface area contributed by atoms with E-state index in [9.17, 15) is 0 Å². The maximum Gasteiger partial charge on any atom is 0.143 e. The van der Waals surface area contributed by atoms with Crippen molar-refractivity contribution in [1.82, 2.24) is 0 Å². The molecule has 0 amide bonds. The fourth-order valence-corrected chi connectivity index (χ4v) is 5.64. The molecule has 5 rings (SSSR count). The van der Waals surface area contributed by atoms with Crippen molar-refractivity contribution < 1.29 is 4.74 Å². The highest BCUT2D eigenvalue weighted by molar-refractivity contribution is 5.60. The van der Waals surface area contributed by atoms with E-state index in [1.54, 1.807) is 6.07 Å². The highest BCUT2D eigenvalue weighted by atomic mass is 16.5. The molecule has 4 bridgehead atoms. The Morgan fingerprint density at radius 1 is 1.10 bits per heavy atom. The van der Waals surface area contributed by atoms with Crippen molar-refractivity contribution in [1.29, 1.82) is 0 Å². The number of ether oxygens (including phenoxy) is 1. The van der Waals surface area contributed by atoms with Crippen LogP contribution in [0.25, 0.3) is 0 Å². The van der Waals surface area contributed by atoms with Crippen molar-refractivity contribution in [2.24, 2.45) is 17.3 Å². The van der Waals surface area contributed by atoms with Gasteiger partial charge < -0.3 is 16.2 Å². The second kappa shape index (κ2) is 3.84. The van der Waals surface area contributed by atoms with Crippen LogP contribution in [0.1, 0.15) is 45.4 Å². The van der Waals surface area contributed by atoms with Crippen molar-refractivity contribution in [2.45, 2.75) is 51.0 Å². The minimum absolute atomic E-state index is 0.0308. The molecule has 3 nitrogen and oxygen atoms in total. The first kappa shape index (κ1) is 12.4. The minimum atomic E-state index is 0.0308. The summed E-state index contributed by atoms with van der Waals surface area (Å²) in [6, 6.07) is 5.62. The fraction of sp³-hybridized carbons (Fsp3) is 0.647. The van der Waals surface area contributed by atoms with Crippen LogP contribution in [0.2, 0.25) is 0 Å². The zero-order valence-electron chi connectivity index (χ0n) is 12.2. The maximum atomic E-state index is 6.49. The molecule has 4 fully saturated rings. The van der Waals surface area contributed by atoms with Crippen molar-refractivity contribution in [3.05, 3.63) is 18.2 Å². The summed E-state index contributed by atoms with van der Waals surface area (Å²) in [7, 11) is 0. The molecule has 0 heterocycles.